The average molecular weight is 362 g/mol. The van der Waals surface area contributed by atoms with E-state index in [0.717, 1.165) is 6.42 Å². The number of halogens is 1. The van der Waals surface area contributed by atoms with Gasteiger partial charge in [-0.3, -0.25) is 4.79 Å². The van der Waals surface area contributed by atoms with Crippen molar-refractivity contribution in [1.82, 2.24) is 9.62 Å². The summed E-state index contributed by atoms with van der Waals surface area (Å²) in [6.45, 7) is 3.35. The van der Waals surface area contributed by atoms with Gasteiger partial charge < -0.3 is 10.6 Å². The third-order valence-corrected chi connectivity index (χ3v) is 5.48. The number of likely N-dealkylation sites (tertiary alicyclic amines) is 1. The van der Waals surface area contributed by atoms with E-state index in [1.54, 1.807) is 23.1 Å². The first kappa shape index (κ1) is 19.9. The molecule has 0 bridgehead atoms. The van der Waals surface area contributed by atoms with Crippen LogP contribution in [-0.4, -0.2) is 44.9 Å². The predicted molar refractivity (Wildman–Crippen MR) is 91.8 cm³/mol. The Kier molecular flexibility index (Phi) is 7.47. The van der Waals surface area contributed by atoms with Gasteiger partial charge in [-0.1, -0.05) is 18.2 Å². The summed E-state index contributed by atoms with van der Waals surface area (Å²) in [5.74, 6) is 0.319. The highest BCUT2D eigenvalue weighted by Gasteiger charge is 2.31. The minimum absolute atomic E-state index is 0. The Balaban J connectivity index is 0.00000264. The van der Waals surface area contributed by atoms with E-state index in [1.165, 1.54) is 12.1 Å². The molecular weight excluding hydrogens is 338 g/mol. The number of hydrogen-bond donors (Lipinski definition) is 2. The van der Waals surface area contributed by atoms with Crippen LogP contribution in [0.25, 0.3) is 0 Å². The van der Waals surface area contributed by atoms with E-state index in [1.807, 2.05) is 6.92 Å². The Hall–Kier alpha value is -1.15. The second-order valence-corrected chi connectivity index (χ2v) is 7.46. The van der Waals surface area contributed by atoms with Gasteiger partial charge in [-0.15, -0.1) is 12.4 Å². The van der Waals surface area contributed by atoms with Gasteiger partial charge in [0.05, 0.1) is 4.90 Å². The molecule has 1 aromatic rings. The Morgan fingerprint density at radius 3 is 2.57 bits per heavy atom. The van der Waals surface area contributed by atoms with Gasteiger partial charge in [0.25, 0.3) is 0 Å². The van der Waals surface area contributed by atoms with Crippen LogP contribution in [0.15, 0.2) is 35.2 Å². The third kappa shape index (κ3) is 5.17. The molecule has 1 fully saturated rings. The van der Waals surface area contributed by atoms with Crippen molar-refractivity contribution in [2.75, 3.05) is 19.6 Å². The first-order valence-corrected chi connectivity index (χ1v) is 8.96. The zero-order valence-electron chi connectivity index (χ0n) is 13.1. The summed E-state index contributed by atoms with van der Waals surface area (Å²) in [4.78, 5) is 14.2. The summed E-state index contributed by atoms with van der Waals surface area (Å²) in [5.41, 5.74) is 5.65. The Morgan fingerprint density at radius 1 is 1.35 bits per heavy atom. The highest BCUT2D eigenvalue weighted by molar-refractivity contribution is 7.89. The number of nitrogens with one attached hydrogen (secondary N) is 1. The van der Waals surface area contributed by atoms with Gasteiger partial charge in [0.15, 0.2) is 0 Å². The Labute approximate surface area is 143 Å². The van der Waals surface area contributed by atoms with E-state index < -0.39 is 10.0 Å². The van der Waals surface area contributed by atoms with Gasteiger partial charge >= 0.3 is 0 Å². The summed E-state index contributed by atoms with van der Waals surface area (Å²) >= 11 is 0. The summed E-state index contributed by atoms with van der Waals surface area (Å²) in [6, 6.07) is 8.31. The van der Waals surface area contributed by atoms with Gasteiger partial charge in [-0.25, -0.2) is 13.1 Å². The Bertz CT molecular complexity index is 610. The number of nitrogens with zero attached hydrogens (tertiary/aromatic N) is 1. The molecule has 6 nitrogen and oxygen atoms in total. The number of nitrogens with two attached hydrogens (primary N) is 1. The zero-order valence-corrected chi connectivity index (χ0v) is 14.8. The maximum absolute atomic E-state index is 12.2. The topological polar surface area (TPSA) is 92.5 Å². The quantitative estimate of drug-likeness (QED) is 0.789. The van der Waals surface area contributed by atoms with E-state index in [9.17, 15) is 13.2 Å². The maximum Gasteiger partial charge on any atom is 0.240 e. The van der Waals surface area contributed by atoms with Crippen molar-refractivity contribution in [1.29, 1.82) is 0 Å². The van der Waals surface area contributed by atoms with Crippen LogP contribution in [0, 0.1) is 5.92 Å². The molecule has 2 atom stereocenters. The normalized spacial score (nSPS) is 21.0. The molecule has 3 N–H and O–H groups in total. The number of sulfonamides is 1. The molecule has 0 saturated carbocycles. The lowest BCUT2D eigenvalue weighted by molar-refractivity contribution is -0.131. The lowest BCUT2D eigenvalue weighted by Gasteiger charge is -2.21. The predicted octanol–water partition coefficient (Wildman–Crippen LogP) is 0.973. The highest BCUT2D eigenvalue weighted by Crippen LogP contribution is 2.22. The molecule has 0 aliphatic carbocycles. The van der Waals surface area contributed by atoms with Crippen LogP contribution in [0.3, 0.4) is 0 Å². The van der Waals surface area contributed by atoms with Gasteiger partial charge in [0.1, 0.15) is 0 Å². The molecule has 0 spiro atoms. The molecule has 2 unspecified atom stereocenters. The number of carbonyl (C=O) groups is 1. The SMILES string of the molecule is CC1CC(CN)CN1C(=O)CCNS(=O)(=O)c1ccccc1.Cl. The fourth-order valence-electron chi connectivity index (χ4n) is 2.78. The summed E-state index contributed by atoms with van der Waals surface area (Å²) < 4.78 is 26.6. The molecule has 1 aliphatic heterocycles. The van der Waals surface area contributed by atoms with Gasteiger partial charge in [-0.05, 0) is 37.9 Å². The molecule has 0 radical (unpaired) electrons. The fourth-order valence-corrected chi connectivity index (χ4v) is 3.83. The van der Waals surface area contributed by atoms with Crippen molar-refractivity contribution < 1.29 is 13.2 Å². The molecule has 1 aliphatic rings. The number of carbonyl (C=O) groups excluding carboxylic acids is 1. The minimum atomic E-state index is -3.55. The number of rotatable bonds is 6. The van der Waals surface area contributed by atoms with Crippen LogP contribution in [0.5, 0.6) is 0 Å². The largest absolute Gasteiger partial charge is 0.340 e. The average Bonchev–Trinajstić information content (AvgIpc) is 2.89. The van der Waals surface area contributed by atoms with Crippen molar-refractivity contribution in [3.8, 4) is 0 Å². The standard InChI is InChI=1S/C15H23N3O3S.ClH/c1-12-9-13(10-16)11-18(12)15(19)7-8-17-22(20,21)14-5-3-2-4-6-14;/h2-6,12-13,17H,7-11,16H2,1H3;1H. The van der Waals surface area contributed by atoms with Crippen molar-refractivity contribution in [3.05, 3.63) is 30.3 Å². The first-order valence-electron chi connectivity index (χ1n) is 7.48. The second kappa shape index (κ2) is 8.63. The van der Waals surface area contributed by atoms with Crippen LogP contribution in [0.1, 0.15) is 19.8 Å². The molecule has 2 rings (SSSR count). The Morgan fingerprint density at radius 2 is 2.00 bits per heavy atom. The number of amides is 1. The van der Waals surface area contributed by atoms with Crippen LogP contribution >= 0.6 is 12.4 Å². The van der Waals surface area contributed by atoms with Crippen LogP contribution in [0.2, 0.25) is 0 Å². The van der Waals surface area contributed by atoms with E-state index in [2.05, 4.69) is 4.72 Å². The monoisotopic (exact) mass is 361 g/mol. The summed E-state index contributed by atoms with van der Waals surface area (Å²) in [5, 5.41) is 0. The fraction of sp³-hybridized carbons (Fsp3) is 0.533. The highest BCUT2D eigenvalue weighted by atomic mass is 35.5. The van der Waals surface area contributed by atoms with Gasteiger partial charge in [-0.2, -0.15) is 0 Å². The molecule has 23 heavy (non-hydrogen) atoms. The first-order chi connectivity index (χ1) is 10.4. The lowest BCUT2D eigenvalue weighted by Crippen LogP contribution is -2.37. The number of benzene rings is 1. The minimum Gasteiger partial charge on any atom is -0.340 e. The van der Waals surface area contributed by atoms with Crippen molar-refractivity contribution >= 4 is 28.3 Å². The molecule has 130 valence electrons. The summed E-state index contributed by atoms with van der Waals surface area (Å²) in [7, 11) is -3.55. The van der Waals surface area contributed by atoms with E-state index in [0.29, 0.717) is 19.0 Å². The molecular formula is C15H24ClN3O3S. The van der Waals surface area contributed by atoms with E-state index >= 15 is 0 Å². The molecule has 8 heteroatoms. The zero-order chi connectivity index (χ0) is 16.2. The molecule has 1 amide bonds. The maximum atomic E-state index is 12.2. The van der Waals surface area contributed by atoms with Gasteiger partial charge in [0, 0.05) is 25.6 Å². The number of hydrogen-bond acceptors (Lipinski definition) is 4. The second-order valence-electron chi connectivity index (χ2n) is 5.69. The summed E-state index contributed by atoms with van der Waals surface area (Å²) in [6.07, 6.45) is 1.08. The van der Waals surface area contributed by atoms with Crippen molar-refractivity contribution in [2.45, 2.75) is 30.7 Å². The molecule has 1 saturated heterocycles. The molecule has 1 heterocycles. The van der Waals surface area contributed by atoms with Gasteiger partial charge in [0.2, 0.25) is 15.9 Å². The van der Waals surface area contributed by atoms with Crippen LogP contribution in [0.4, 0.5) is 0 Å². The molecule has 1 aromatic carbocycles. The third-order valence-electron chi connectivity index (χ3n) is 4.00. The van der Waals surface area contributed by atoms with E-state index in [-0.39, 0.29) is 42.2 Å². The smallest absolute Gasteiger partial charge is 0.240 e. The lowest BCUT2D eigenvalue weighted by atomic mass is 10.1. The molecule has 0 aromatic heterocycles. The van der Waals surface area contributed by atoms with Crippen LogP contribution in [-0.2, 0) is 14.8 Å². The van der Waals surface area contributed by atoms with Crippen molar-refractivity contribution in [3.63, 3.8) is 0 Å². The van der Waals surface area contributed by atoms with Crippen molar-refractivity contribution in [2.24, 2.45) is 11.7 Å². The van der Waals surface area contributed by atoms with Crippen LogP contribution < -0.4 is 10.5 Å². The van der Waals surface area contributed by atoms with E-state index in [4.69, 9.17) is 5.73 Å².